The summed E-state index contributed by atoms with van der Waals surface area (Å²) in [6.45, 7) is 0. The number of hydrogen-bond donors (Lipinski definition) is 4. The zero-order valence-electron chi connectivity index (χ0n) is 13.5. The molecule has 0 unspecified atom stereocenters. The molecular weight excluding hydrogens is 336 g/mol. The molecule has 3 aromatic rings. The van der Waals surface area contributed by atoms with Gasteiger partial charge in [-0.1, -0.05) is 36.4 Å². The van der Waals surface area contributed by atoms with Crippen LogP contribution in [0, 0.1) is 0 Å². The zero-order chi connectivity index (χ0) is 18.7. The van der Waals surface area contributed by atoms with Gasteiger partial charge in [0, 0.05) is 0 Å². The predicted octanol–water partition coefficient (Wildman–Crippen LogP) is 3.84. The Morgan fingerprint density at radius 3 is 1.69 bits per heavy atom. The number of carboxylic acid groups (broad SMARTS) is 1. The van der Waals surface area contributed by atoms with Gasteiger partial charge in [-0.2, -0.15) is 0 Å². The molecule has 132 valence electrons. The number of rotatable bonds is 5. The Kier molecular flexibility index (Phi) is 4.53. The molecule has 0 aromatic heterocycles. The first-order valence-electron chi connectivity index (χ1n) is 7.62. The third-order valence-electron chi connectivity index (χ3n) is 3.60. The minimum atomic E-state index is -1.39. The van der Waals surface area contributed by atoms with Crippen molar-refractivity contribution in [2.75, 3.05) is 11.5 Å². The van der Waals surface area contributed by atoms with E-state index in [1.165, 1.54) is 0 Å². The molecule has 26 heavy (non-hydrogen) atoms. The topological polar surface area (TPSA) is 128 Å². The van der Waals surface area contributed by atoms with E-state index < -0.39 is 17.3 Å². The average molecular weight is 352 g/mol. The Labute approximate surface area is 149 Å². The fourth-order valence-electron chi connectivity index (χ4n) is 2.34. The Bertz CT molecular complexity index is 875. The van der Waals surface area contributed by atoms with Gasteiger partial charge in [0.2, 0.25) is 0 Å². The van der Waals surface area contributed by atoms with E-state index in [9.17, 15) is 15.0 Å². The second-order valence-corrected chi connectivity index (χ2v) is 5.34. The maximum Gasteiger partial charge on any atom is 0.343 e. The van der Waals surface area contributed by atoms with Crippen molar-refractivity contribution in [2.45, 2.75) is 0 Å². The number of aromatic carboxylic acids is 1. The van der Waals surface area contributed by atoms with Crippen LogP contribution in [0.2, 0.25) is 0 Å². The van der Waals surface area contributed by atoms with Crippen LogP contribution in [0.25, 0.3) is 0 Å². The van der Waals surface area contributed by atoms with E-state index in [4.69, 9.17) is 20.9 Å². The van der Waals surface area contributed by atoms with Crippen molar-refractivity contribution < 1.29 is 24.5 Å². The van der Waals surface area contributed by atoms with Crippen molar-refractivity contribution in [1.82, 2.24) is 0 Å². The van der Waals surface area contributed by atoms with E-state index in [2.05, 4.69) is 0 Å². The number of para-hydroxylation sites is 2. The molecule has 7 heteroatoms. The number of benzene rings is 3. The number of nitrogens with two attached hydrogens (primary N) is 2. The Balaban J connectivity index is 2.18. The normalized spacial score (nSPS) is 10.3. The maximum absolute atomic E-state index is 11.9. The van der Waals surface area contributed by atoms with Crippen LogP contribution >= 0.6 is 0 Å². The van der Waals surface area contributed by atoms with Crippen LogP contribution in [0.15, 0.2) is 60.7 Å². The highest BCUT2D eigenvalue weighted by molar-refractivity contribution is 6.01. The maximum atomic E-state index is 11.9. The third-order valence-corrected chi connectivity index (χ3v) is 3.60. The molecule has 7 nitrogen and oxygen atoms in total. The van der Waals surface area contributed by atoms with Crippen LogP contribution in [-0.4, -0.2) is 16.2 Å². The molecule has 0 bridgehead atoms. The zero-order valence-corrected chi connectivity index (χ0v) is 13.5. The summed E-state index contributed by atoms with van der Waals surface area (Å²) in [5.41, 5.74) is 10.9. The molecular formula is C19H16N2O5. The summed E-state index contributed by atoms with van der Waals surface area (Å²) in [4.78, 5) is 11.9. The fourth-order valence-corrected chi connectivity index (χ4v) is 2.34. The molecule has 0 saturated carbocycles. The highest BCUT2D eigenvalue weighted by atomic mass is 16.5. The highest BCUT2D eigenvalue weighted by Gasteiger charge is 2.29. The van der Waals surface area contributed by atoms with E-state index in [0.717, 1.165) is 0 Å². The van der Waals surface area contributed by atoms with Crippen LogP contribution in [0.4, 0.5) is 11.4 Å². The second-order valence-electron chi connectivity index (χ2n) is 5.34. The molecule has 0 heterocycles. The van der Waals surface area contributed by atoms with Crippen molar-refractivity contribution in [3.8, 4) is 28.7 Å². The number of hydrogen-bond acceptors (Lipinski definition) is 6. The number of ether oxygens (including phenoxy) is 2. The average Bonchev–Trinajstić information content (AvgIpc) is 2.65. The van der Waals surface area contributed by atoms with Gasteiger partial charge in [-0.3, -0.25) is 0 Å². The predicted molar refractivity (Wildman–Crippen MR) is 96.9 cm³/mol. The van der Waals surface area contributed by atoms with Gasteiger partial charge in [0.05, 0.1) is 0 Å². The molecule has 0 aliphatic carbocycles. The van der Waals surface area contributed by atoms with Gasteiger partial charge in [-0.15, -0.1) is 0 Å². The largest absolute Gasteiger partial charge is 0.503 e. The smallest absolute Gasteiger partial charge is 0.343 e. The quantitative estimate of drug-likeness (QED) is 0.405. The van der Waals surface area contributed by atoms with Crippen LogP contribution < -0.4 is 20.9 Å². The van der Waals surface area contributed by atoms with Crippen molar-refractivity contribution in [2.24, 2.45) is 0 Å². The number of aromatic hydroxyl groups is 1. The molecule has 0 fully saturated rings. The number of phenols is 1. The van der Waals surface area contributed by atoms with Gasteiger partial charge < -0.3 is 31.2 Å². The standard InChI is InChI=1S/C19H16N2O5/c20-14-15(21)17(25-11-7-3-1-4-8-11)13(19(23)24)18(16(14)22)26-12-9-5-2-6-10-12/h1-10,22H,20-21H2,(H,23,24). The minimum absolute atomic E-state index is 0.191. The summed E-state index contributed by atoms with van der Waals surface area (Å²) in [5, 5.41) is 20.0. The van der Waals surface area contributed by atoms with Crippen molar-refractivity contribution in [1.29, 1.82) is 0 Å². The molecule has 0 aliphatic heterocycles. The minimum Gasteiger partial charge on any atom is -0.503 e. The summed E-state index contributed by atoms with van der Waals surface area (Å²) >= 11 is 0. The second kappa shape index (κ2) is 6.94. The van der Waals surface area contributed by atoms with E-state index >= 15 is 0 Å². The summed E-state index contributed by atoms with van der Waals surface area (Å²) in [6, 6.07) is 16.9. The number of nitrogen functional groups attached to an aromatic ring is 2. The SMILES string of the molecule is Nc1c(N)c(Oc2ccccc2)c(C(=O)O)c(Oc2ccccc2)c1O. The van der Waals surface area contributed by atoms with Crippen LogP contribution in [0.1, 0.15) is 10.4 Å². The molecule has 0 aliphatic rings. The van der Waals surface area contributed by atoms with E-state index in [1.807, 2.05) is 0 Å². The van der Waals surface area contributed by atoms with Crippen LogP contribution in [0.3, 0.4) is 0 Å². The molecule has 0 spiro atoms. The molecule has 3 aromatic carbocycles. The molecule has 0 radical (unpaired) electrons. The van der Waals surface area contributed by atoms with Crippen molar-refractivity contribution >= 4 is 17.3 Å². The van der Waals surface area contributed by atoms with Crippen molar-refractivity contribution in [3.05, 3.63) is 66.2 Å². The van der Waals surface area contributed by atoms with Gasteiger partial charge in [0.25, 0.3) is 0 Å². The van der Waals surface area contributed by atoms with Gasteiger partial charge in [-0.25, -0.2) is 4.79 Å². The summed E-state index contributed by atoms with van der Waals surface area (Å²) in [7, 11) is 0. The summed E-state index contributed by atoms with van der Waals surface area (Å²) < 4.78 is 11.2. The fraction of sp³-hybridized carbons (Fsp3) is 0. The van der Waals surface area contributed by atoms with Gasteiger partial charge in [0.1, 0.15) is 22.9 Å². The van der Waals surface area contributed by atoms with Crippen molar-refractivity contribution in [3.63, 3.8) is 0 Å². The molecule has 0 saturated heterocycles. The van der Waals surface area contributed by atoms with Gasteiger partial charge in [-0.05, 0) is 24.3 Å². The molecule has 6 N–H and O–H groups in total. The number of carboxylic acids is 1. The van der Waals surface area contributed by atoms with Crippen LogP contribution in [-0.2, 0) is 0 Å². The summed E-state index contributed by atoms with van der Waals surface area (Å²) in [6.07, 6.45) is 0. The van der Waals surface area contributed by atoms with Gasteiger partial charge >= 0.3 is 5.97 Å². The third kappa shape index (κ3) is 3.18. The lowest BCUT2D eigenvalue weighted by atomic mass is 10.1. The molecule has 0 atom stereocenters. The molecule has 0 amide bonds. The first kappa shape index (κ1) is 17.0. The monoisotopic (exact) mass is 352 g/mol. The Morgan fingerprint density at radius 2 is 1.23 bits per heavy atom. The molecule has 3 rings (SSSR count). The Hall–Kier alpha value is -3.87. The van der Waals surface area contributed by atoms with E-state index in [-0.39, 0.29) is 22.9 Å². The van der Waals surface area contributed by atoms with Crippen LogP contribution in [0.5, 0.6) is 28.7 Å². The van der Waals surface area contributed by atoms with Gasteiger partial charge in [0.15, 0.2) is 22.8 Å². The first-order valence-corrected chi connectivity index (χ1v) is 7.62. The Morgan fingerprint density at radius 1 is 0.769 bits per heavy atom. The lowest BCUT2D eigenvalue weighted by Crippen LogP contribution is -2.09. The highest BCUT2D eigenvalue weighted by Crippen LogP contribution is 2.49. The number of anilines is 2. The number of phenolic OH excluding ortho intramolecular Hbond substituents is 1. The lowest BCUT2D eigenvalue weighted by Gasteiger charge is -2.18. The number of carbonyl (C=O) groups is 1. The van der Waals surface area contributed by atoms with E-state index in [1.54, 1.807) is 60.7 Å². The lowest BCUT2D eigenvalue weighted by molar-refractivity contribution is 0.0690. The summed E-state index contributed by atoms with van der Waals surface area (Å²) in [5.74, 6) is -1.82. The first-order chi connectivity index (χ1) is 12.5. The van der Waals surface area contributed by atoms with E-state index in [0.29, 0.717) is 11.5 Å².